The van der Waals surface area contributed by atoms with E-state index in [-0.39, 0.29) is 11.5 Å². The molecule has 6 nitrogen and oxygen atoms in total. The number of nitrogens with zero attached hydrogens (tertiary/aromatic N) is 3. The van der Waals surface area contributed by atoms with Gasteiger partial charge in [0.05, 0.1) is 18.5 Å². The molecule has 2 aromatic rings. The van der Waals surface area contributed by atoms with Crippen molar-refractivity contribution in [3.8, 4) is 5.69 Å². The first-order valence-electron chi connectivity index (χ1n) is 4.81. The average Bonchev–Trinajstić information content (AvgIpc) is 2.77. The minimum atomic E-state index is -3.27. The van der Waals surface area contributed by atoms with Crippen molar-refractivity contribution in [1.82, 2.24) is 14.8 Å². The van der Waals surface area contributed by atoms with Gasteiger partial charge < -0.3 is 5.11 Å². The quantitative estimate of drug-likeness (QED) is 0.842. The number of hydrogen-bond donors (Lipinski definition) is 1. The van der Waals surface area contributed by atoms with Crippen LogP contribution in [-0.2, 0) is 16.4 Å². The lowest BCUT2D eigenvalue weighted by Crippen LogP contribution is -2.01. The van der Waals surface area contributed by atoms with Gasteiger partial charge >= 0.3 is 0 Å². The van der Waals surface area contributed by atoms with E-state index in [1.165, 1.54) is 23.3 Å². The number of sulfone groups is 1. The summed E-state index contributed by atoms with van der Waals surface area (Å²) in [4.78, 5) is 4.02. The van der Waals surface area contributed by atoms with E-state index in [1.54, 1.807) is 12.3 Å². The molecule has 0 unspecified atom stereocenters. The Morgan fingerprint density at radius 2 is 2.18 bits per heavy atom. The SMILES string of the molecule is CS(=O)(=O)c1cnn(-c2ccncc2CO)c1. The largest absolute Gasteiger partial charge is 0.392 e. The number of aliphatic hydroxyl groups excluding tert-OH is 1. The maximum Gasteiger partial charge on any atom is 0.178 e. The van der Waals surface area contributed by atoms with E-state index in [0.717, 1.165) is 6.26 Å². The van der Waals surface area contributed by atoms with Gasteiger partial charge in [-0.25, -0.2) is 13.1 Å². The molecule has 1 N–H and O–H groups in total. The highest BCUT2D eigenvalue weighted by Crippen LogP contribution is 2.15. The van der Waals surface area contributed by atoms with Crippen molar-refractivity contribution in [2.24, 2.45) is 0 Å². The molecule has 90 valence electrons. The molecular formula is C10H11N3O3S. The summed E-state index contributed by atoms with van der Waals surface area (Å²) < 4.78 is 24.0. The van der Waals surface area contributed by atoms with Gasteiger partial charge in [-0.1, -0.05) is 0 Å². The number of aromatic nitrogens is 3. The summed E-state index contributed by atoms with van der Waals surface area (Å²) in [5, 5.41) is 13.1. The maximum atomic E-state index is 11.3. The Labute approximate surface area is 98.5 Å². The summed E-state index contributed by atoms with van der Waals surface area (Å²) in [6.45, 7) is -0.183. The lowest BCUT2D eigenvalue weighted by molar-refractivity contribution is 0.281. The van der Waals surface area contributed by atoms with Crippen molar-refractivity contribution in [3.05, 3.63) is 36.4 Å². The summed E-state index contributed by atoms with van der Waals surface area (Å²) in [5.74, 6) is 0. The van der Waals surface area contributed by atoms with Gasteiger partial charge in [0.25, 0.3) is 0 Å². The van der Waals surface area contributed by atoms with Gasteiger partial charge in [0.15, 0.2) is 9.84 Å². The second kappa shape index (κ2) is 4.27. The zero-order valence-electron chi connectivity index (χ0n) is 9.11. The summed E-state index contributed by atoms with van der Waals surface area (Å²) >= 11 is 0. The van der Waals surface area contributed by atoms with Gasteiger partial charge in [-0.3, -0.25) is 4.98 Å². The fourth-order valence-electron chi connectivity index (χ4n) is 1.39. The number of aliphatic hydroxyl groups is 1. The Kier molecular flexibility index (Phi) is 2.95. The standard InChI is InChI=1S/C10H11N3O3S/c1-17(15,16)9-5-12-13(6-9)10-2-3-11-4-8(10)7-14/h2-6,14H,7H2,1H3. The van der Waals surface area contributed by atoms with Crippen molar-refractivity contribution in [2.75, 3.05) is 6.26 Å². The predicted molar refractivity (Wildman–Crippen MR) is 60.4 cm³/mol. The molecule has 0 aliphatic carbocycles. The van der Waals surface area contributed by atoms with Crippen LogP contribution in [0.4, 0.5) is 0 Å². The minimum absolute atomic E-state index is 0.137. The fourth-order valence-corrected chi connectivity index (χ4v) is 1.92. The minimum Gasteiger partial charge on any atom is -0.392 e. The smallest absolute Gasteiger partial charge is 0.178 e. The molecule has 0 aliphatic heterocycles. The molecule has 0 aromatic carbocycles. The molecule has 0 atom stereocenters. The molecule has 2 heterocycles. The third kappa shape index (κ3) is 2.34. The first kappa shape index (κ1) is 11.7. The molecule has 0 bridgehead atoms. The Morgan fingerprint density at radius 1 is 1.41 bits per heavy atom. The van der Waals surface area contributed by atoms with Gasteiger partial charge in [0.2, 0.25) is 0 Å². The molecule has 0 spiro atoms. The molecule has 7 heteroatoms. The van der Waals surface area contributed by atoms with Crippen LogP contribution in [0.1, 0.15) is 5.56 Å². The second-order valence-corrected chi connectivity index (χ2v) is 5.57. The van der Waals surface area contributed by atoms with E-state index >= 15 is 0 Å². The molecular weight excluding hydrogens is 242 g/mol. The first-order chi connectivity index (χ1) is 8.02. The Balaban J connectivity index is 2.51. The van der Waals surface area contributed by atoms with Crippen molar-refractivity contribution in [1.29, 1.82) is 0 Å². The molecule has 0 radical (unpaired) electrons. The fraction of sp³-hybridized carbons (Fsp3) is 0.200. The monoisotopic (exact) mass is 253 g/mol. The van der Waals surface area contributed by atoms with Crippen LogP contribution in [0, 0.1) is 0 Å². The number of pyridine rings is 1. The third-order valence-electron chi connectivity index (χ3n) is 2.28. The highest BCUT2D eigenvalue weighted by atomic mass is 32.2. The second-order valence-electron chi connectivity index (χ2n) is 3.56. The number of rotatable bonds is 3. The molecule has 17 heavy (non-hydrogen) atoms. The van der Waals surface area contributed by atoms with Crippen LogP contribution >= 0.6 is 0 Å². The third-order valence-corrected chi connectivity index (χ3v) is 3.35. The van der Waals surface area contributed by atoms with Crippen LogP contribution in [-0.4, -0.2) is 34.5 Å². The highest BCUT2D eigenvalue weighted by molar-refractivity contribution is 7.90. The van der Waals surface area contributed by atoms with Crippen LogP contribution in [0.25, 0.3) is 5.69 Å². The van der Waals surface area contributed by atoms with Gasteiger partial charge in [-0.05, 0) is 6.07 Å². The zero-order chi connectivity index (χ0) is 12.5. The van der Waals surface area contributed by atoms with E-state index in [4.69, 9.17) is 5.11 Å². The van der Waals surface area contributed by atoms with E-state index in [1.807, 2.05) is 0 Å². The van der Waals surface area contributed by atoms with Gasteiger partial charge in [-0.2, -0.15) is 5.10 Å². The van der Waals surface area contributed by atoms with E-state index in [2.05, 4.69) is 10.1 Å². The Morgan fingerprint density at radius 3 is 2.76 bits per heavy atom. The van der Waals surface area contributed by atoms with Crippen LogP contribution in [0.3, 0.4) is 0 Å². The van der Waals surface area contributed by atoms with Crippen molar-refractivity contribution < 1.29 is 13.5 Å². The summed E-state index contributed by atoms with van der Waals surface area (Å²) in [7, 11) is -3.27. The van der Waals surface area contributed by atoms with Gasteiger partial charge in [0, 0.05) is 30.4 Å². The normalized spacial score (nSPS) is 11.6. The number of hydrogen-bond acceptors (Lipinski definition) is 5. The van der Waals surface area contributed by atoms with Gasteiger partial charge in [0.1, 0.15) is 4.90 Å². The van der Waals surface area contributed by atoms with Crippen LogP contribution in [0.15, 0.2) is 35.7 Å². The lowest BCUT2D eigenvalue weighted by Gasteiger charge is -2.05. The summed E-state index contributed by atoms with van der Waals surface area (Å²) in [6.07, 6.45) is 6.86. The molecule has 0 saturated heterocycles. The molecule has 0 fully saturated rings. The molecule has 0 amide bonds. The Hall–Kier alpha value is -1.73. The van der Waals surface area contributed by atoms with Crippen molar-refractivity contribution in [3.63, 3.8) is 0 Å². The van der Waals surface area contributed by atoms with Crippen LogP contribution in [0.2, 0.25) is 0 Å². The topological polar surface area (TPSA) is 85.1 Å². The van der Waals surface area contributed by atoms with Crippen LogP contribution < -0.4 is 0 Å². The van der Waals surface area contributed by atoms with Crippen molar-refractivity contribution >= 4 is 9.84 Å². The summed E-state index contributed by atoms with van der Waals surface area (Å²) in [5.41, 5.74) is 1.19. The highest BCUT2D eigenvalue weighted by Gasteiger charge is 2.12. The average molecular weight is 253 g/mol. The molecule has 2 rings (SSSR count). The zero-order valence-corrected chi connectivity index (χ0v) is 9.92. The lowest BCUT2D eigenvalue weighted by atomic mass is 10.2. The van der Waals surface area contributed by atoms with E-state index < -0.39 is 9.84 Å². The predicted octanol–water partition coefficient (Wildman–Crippen LogP) is 0.163. The van der Waals surface area contributed by atoms with E-state index in [0.29, 0.717) is 11.3 Å². The molecule has 0 aliphatic rings. The van der Waals surface area contributed by atoms with Gasteiger partial charge in [-0.15, -0.1) is 0 Å². The van der Waals surface area contributed by atoms with Crippen molar-refractivity contribution in [2.45, 2.75) is 11.5 Å². The van der Waals surface area contributed by atoms with E-state index in [9.17, 15) is 8.42 Å². The summed E-state index contributed by atoms with van der Waals surface area (Å²) in [6, 6.07) is 1.66. The molecule has 0 saturated carbocycles. The molecule has 2 aromatic heterocycles. The first-order valence-corrected chi connectivity index (χ1v) is 6.70. The Bertz CT molecular complexity index is 634. The van der Waals surface area contributed by atoms with Crippen LogP contribution in [0.5, 0.6) is 0 Å². The maximum absolute atomic E-state index is 11.3.